The van der Waals surface area contributed by atoms with Crippen LogP contribution in [0.5, 0.6) is 29.0 Å². The Balaban J connectivity index is 1.78. The van der Waals surface area contributed by atoms with E-state index in [4.69, 9.17) is 9.47 Å². The number of anilines is 2. The lowest BCUT2D eigenvalue weighted by Crippen LogP contribution is -2.21. The third-order valence-corrected chi connectivity index (χ3v) is 5.53. The third kappa shape index (κ3) is 3.94. The number of hydrogen-bond donors (Lipinski definition) is 4. The van der Waals surface area contributed by atoms with Crippen molar-refractivity contribution in [2.75, 3.05) is 26.2 Å². The van der Waals surface area contributed by atoms with E-state index in [1.165, 1.54) is 22.6 Å². The van der Waals surface area contributed by atoms with E-state index in [9.17, 15) is 20.1 Å². The minimum Gasteiger partial charge on any atom is -0.505 e. The molecule has 0 radical (unpaired) electrons. The minimum absolute atomic E-state index is 0.0800. The number of hydrogen-bond acceptors (Lipinski definition) is 8. The van der Waals surface area contributed by atoms with E-state index in [-0.39, 0.29) is 52.8 Å². The molecule has 2 heterocycles. The van der Waals surface area contributed by atoms with Crippen LogP contribution in [0.25, 0.3) is 0 Å². The lowest BCUT2D eigenvalue weighted by molar-refractivity contribution is 0.0824. The number of fused-ring (bicyclic) bond motifs is 1. The van der Waals surface area contributed by atoms with Gasteiger partial charge in [0.1, 0.15) is 5.69 Å². The fraction of sp³-hybridized carbons (Fsp3) is 0.250. The number of carbonyl (C=O) groups excluding carboxylic acids is 1. The Morgan fingerprint density at radius 1 is 1.12 bits per heavy atom. The molecule has 1 aliphatic heterocycles. The Morgan fingerprint density at radius 2 is 1.85 bits per heavy atom. The maximum Gasteiger partial charge on any atom is 0.257 e. The molecule has 0 unspecified atom stereocenters. The van der Waals surface area contributed by atoms with E-state index in [1.54, 1.807) is 38.4 Å². The van der Waals surface area contributed by atoms with Gasteiger partial charge in [-0.2, -0.15) is 0 Å². The average Bonchev–Trinajstić information content (AvgIpc) is 3.37. The summed E-state index contributed by atoms with van der Waals surface area (Å²) in [6.45, 7) is 2.07. The number of phenolic OH excluding ortho intramolecular Hbond substituents is 1. The highest BCUT2D eigenvalue weighted by atomic mass is 16.7. The van der Waals surface area contributed by atoms with Gasteiger partial charge in [0, 0.05) is 26.9 Å². The van der Waals surface area contributed by atoms with Crippen LogP contribution in [-0.4, -0.2) is 57.3 Å². The Hall–Kier alpha value is -4.34. The molecule has 0 atom stereocenters. The van der Waals surface area contributed by atoms with E-state index >= 15 is 0 Å². The van der Waals surface area contributed by atoms with Gasteiger partial charge in [-0.15, -0.1) is 0 Å². The summed E-state index contributed by atoms with van der Waals surface area (Å²) in [7, 11) is 4.64. The van der Waals surface area contributed by atoms with Crippen molar-refractivity contribution in [2.24, 2.45) is 12.0 Å². The van der Waals surface area contributed by atoms with Gasteiger partial charge in [0.2, 0.25) is 18.6 Å². The lowest BCUT2D eigenvalue weighted by atomic mass is 10.1. The molecule has 0 fully saturated rings. The van der Waals surface area contributed by atoms with Gasteiger partial charge >= 0.3 is 0 Å². The highest BCUT2D eigenvalue weighted by Gasteiger charge is 2.24. The number of nitrogens with zero attached hydrogens (tertiary/aromatic N) is 3. The van der Waals surface area contributed by atoms with Gasteiger partial charge in [-0.3, -0.25) is 9.36 Å². The smallest absolute Gasteiger partial charge is 0.257 e. The maximum atomic E-state index is 12.4. The average molecular weight is 466 g/mol. The van der Waals surface area contributed by atoms with Gasteiger partial charge in [0.15, 0.2) is 22.9 Å². The zero-order valence-electron chi connectivity index (χ0n) is 19.3. The van der Waals surface area contributed by atoms with Gasteiger partial charge in [0.05, 0.1) is 11.3 Å². The largest absolute Gasteiger partial charge is 0.505 e. The molecule has 0 aliphatic carbocycles. The molecule has 4 rings (SSSR count). The summed E-state index contributed by atoms with van der Waals surface area (Å²) < 4.78 is 12.0. The summed E-state index contributed by atoms with van der Waals surface area (Å²) >= 11 is 0. The van der Waals surface area contributed by atoms with E-state index in [2.05, 4.69) is 10.3 Å². The second kappa shape index (κ2) is 8.89. The standard InChI is InChI=1S/C24H26N4O6/c1-5-15(13-9-10-17-18(11-13)34-12-33-17)25-19-20(24(32)28(4)23(19)31)26-16-8-6-7-14(21(16)29)22(30)27(2)3/h6-11,26,29,31-32H,5,12H2,1-4H3. The fourth-order valence-corrected chi connectivity index (χ4v) is 3.62. The number of carbonyl (C=O) groups is 1. The molecule has 3 aromatic rings. The van der Waals surface area contributed by atoms with E-state index in [0.29, 0.717) is 23.6 Å². The number of amides is 1. The summed E-state index contributed by atoms with van der Waals surface area (Å²) in [6.07, 6.45) is 0.520. The molecule has 0 saturated carbocycles. The second-order valence-electron chi connectivity index (χ2n) is 7.94. The van der Waals surface area contributed by atoms with Crippen molar-refractivity contribution < 1.29 is 29.6 Å². The van der Waals surface area contributed by atoms with Crippen LogP contribution in [0.2, 0.25) is 0 Å². The lowest BCUT2D eigenvalue weighted by Gasteiger charge is -2.15. The Bertz CT molecular complexity index is 1300. The molecule has 10 nitrogen and oxygen atoms in total. The minimum atomic E-state index is -0.379. The summed E-state index contributed by atoms with van der Waals surface area (Å²) in [4.78, 5) is 18.4. The van der Waals surface area contributed by atoms with Gasteiger partial charge in [-0.25, -0.2) is 4.99 Å². The Morgan fingerprint density at radius 3 is 2.56 bits per heavy atom. The molecule has 1 aliphatic rings. The van der Waals surface area contributed by atoms with Crippen molar-refractivity contribution in [3.63, 3.8) is 0 Å². The van der Waals surface area contributed by atoms with Gasteiger partial charge in [-0.05, 0) is 42.3 Å². The Labute approximate surface area is 196 Å². The molecule has 1 aromatic heterocycles. The molecule has 10 heteroatoms. The van der Waals surface area contributed by atoms with Crippen LogP contribution in [0.4, 0.5) is 17.1 Å². The molecule has 4 N–H and O–H groups in total. The first kappa shape index (κ1) is 22.8. The van der Waals surface area contributed by atoms with Crippen LogP contribution in [0.15, 0.2) is 41.4 Å². The highest BCUT2D eigenvalue weighted by Crippen LogP contribution is 2.47. The van der Waals surface area contributed by atoms with Crippen molar-refractivity contribution in [2.45, 2.75) is 13.3 Å². The summed E-state index contributed by atoms with van der Waals surface area (Å²) in [5.41, 5.74) is 1.82. The van der Waals surface area contributed by atoms with Crippen LogP contribution in [0, 0.1) is 0 Å². The number of aromatic hydroxyl groups is 3. The number of ether oxygens (including phenoxy) is 2. The maximum absolute atomic E-state index is 12.4. The predicted molar refractivity (Wildman–Crippen MR) is 127 cm³/mol. The van der Waals surface area contributed by atoms with Gasteiger partial charge in [0.25, 0.3) is 5.91 Å². The molecule has 178 valence electrons. The van der Waals surface area contributed by atoms with Crippen molar-refractivity contribution in [1.29, 1.82) is 0 Å². The monoisotopic (exact) mass is 466 g/mol. The first-order valence-electron chi connectivity index (χ1n) is 10.6. The zero-order chi connectivity index (χ0) is 24.6. The normalized spacial score (nSPS) is 12.6. The van der Waals surface area contributed by atoms with Crippen LogP contribution in [-0.2, 0) is 7.05 Å². The quantitative estimate of drug-likeness (QED) is 0.321. The molecule has 1 amide bonds. The van der Waals surface area contributed by atoms with Crippen molar-refractivity contribution in [3.05, 3.63) is 47.5 Å². The topological polar surface area (TPSA) is 129 Å². The summed E-state index contributed by atoms with van der Waals surface area (Å²) in [6, 6.07) is 10.1. The number of aromatic nitrogens is 1. The predicted octanol–water partition coefficient (Wildman–Crippen LogP) is 3.85. The van der Waals surface area contributed by atoms with Gasteiger partial charge in [-0.1, -0.05) is 13.0 Å². The molecule has 0 bridgehead atoms. The van der Waals surface area contributed by atoms with Crippen LogP contribution in [0.3, 0.4) is 0 Å². The number of benzene rings is 2. The number of rotatable bonds is 6. The van der Waals surface area contributed by atoms with Crippen molar-refractivity contribution >= 4 is 28.7 Å². The van der Waals surface area contributed by atoms with Crippen molar-refractivity contribution in [1.82, 2.24) is 9.47 Å². The first-order chi connectivity index (χ1) is 16.2. The van der Waals surface area contributed by atoms with E-state index < -0.39 is 0 Å². The molecular formula is C24H26N4O6. The molecule has 2 aromatic carbocycles. The molecular weight excluding hydrogens is 440 g/mol. The SMILES string of the molecule is CCC(=Nc1c(Nc2cccc(C(=O)N(C)C)c2O)c(O)n(C)c1O)c1ccc2c(c1)OCO2. The number of phenols is 1. The van der Waals surface area contributed by atoms with Crippen LogP contribution in [0.1, 0.15) is 29.3 Å². The van der Waals surface area contributed by atoms with Crippen LogP contribution >= 0.6 is 0 Å². The third-order valence-electron chi connectivity index (χ3n) is 5.53. The fourth-order valence-electron chi connectivity index (χ4n) is 3.62. The van der Waals surface area contributed by atoms with Crippen LogP contribution < -0.4 is 14.8 Å². The van der Waals surface area contributed by atoms with E-state index in [1.807, 2.05) is 13.0 Å². The second-order valence-corrected chi connectivity index (χ2v) is 7.94. The molecule has 0 saturated heterocycles. The number of para-hydroxylation sites is 1. The molecule has 34 heavy (non-hydrogen) atoms. The summed E-state index contributed by atoms with van der Waals surface area (Å²) in [5, 5.41) is 35.0. The van der Waals surface area contributed by atoms with E-state index in [0.717, 1.165) is 5.56 Å². The first-order valence-corrected chi connectivity index (χ1v) is 10.6. The van der Waals surface area contributed by atoms with Gasteiger partial charge < -0.3 is 35.0 Å². The zero-order valence-corrected chi connectivity index (χ0v) is 19.3. The molecule has 0 spiro atoms. The highest BCUT2D eigenvalue weighted by molar-refractivity contribution is 6.04. The summed E-state index contributed by atoms with van der Waals surface area (Å²) in [5.74, 6) is 0.0163. The Kier molecular flexibility index (Phi) is 5.97. The number of aliphatic imine (C=N–C) groups is 1. The van der Waals surface area contributed by atoms with Crippen molar-refractivity contribution in [3.8, 4) is 29.0 Å². The number of nitrogens with one attached hydrogen (secondary N) is 1.